The molecule has 0 unspecified atom stereocenters. The van der Waals surface area contributed by atoms with Gasteiger partial charge in [0.25, 0.3) is 0 Å². The van der Waals surface area contributed by atoms with Gasteiger partial charge in [0, 0.05) is 28.9 Å². The van der Waals surface area contributed by atoms with Crippen LogP contribution in [0, 0.1) is 6.92 Å². The number of aromatic nitrogens is 5. The van der Waals surface area contributed by atoms with Crippen molar-refractivity contribution in [1.29, 1.82) is 0 Å². The molecule has 0 bridgehead atoms. The quantitative estimate of drug-likeness (QED) is 0.287. The predicted molar refractivity (Wildman–Crippen MR) is 141 cm³/mol. The Morgan fingerprint density at radius 1 is 0.794 bits per heavy atom. The van der Waals surface area contributed by atoms with E-state index in [0.29, 0.717) is 0 Å². The maximum atomic E-state index is 5.06. The van der Waals surface area contributed by atoms with Crippen LogP contribution in [-0.2, 0) is 0 Å². The van der Waals surface area contributed by atoms with Crippen LogP contribution in [0.4, 0.5) is 0 Å². The molecule has 3 aromatic carbocycles. The van der Waals surface area contributed by atoms with E-state index in [9.17, 15) is 0 Å². The Kier molecular flexibility index (Phi) is 4.33. The number of hydrogen-bond acceptors (Lipinski definition) is 6. The molecule has 0 aliphatic carbocycles. The first-order valence-corrected chi connectivity index (χ1v) is 12.5. The molecule has 0 amide bonds. The summed E-state index contributed by atoms with van der Waals surface area (Å²) < 4.78 is 2.30. The number of benzene rings is 3. The SMILES string of the molecule is Cc1nc2c(-c3nc4ccccc4s3)c(-c3n[nH]c4ccccc34)c(-c3ccncc3)cc2s1. The standard InChI is InChI=1S/C27H17N5S2/c1-15-29-26-22(33-15)14-18(16-10-12-28-13-11-16)23(25-17-6-2-3-7-19(17)31-32-25)24(26)27-30-20-8-4-5-9-21(20)34-27/h2-14H,1H3,(H,31,32). The topological polar surface area (TPSA) is 67.3 Å². The number of aryl methyl sites for hydroxylation is 1. The van der Waals surface area contributed by atoms with E-state index in [1.807, 2.05) is 24.5 Å². The van der Waals surface area contributed by atoms with Gasteiger partial charge in [0.05, 0.1) is 31.0 Å². The molecule has 1 N–H and O–H groups in total. The number of hydrogen-bond donors (Lipinski definition) is 1. The lowest BCUT2D eigenvalue weighted by atomic mass is 9.91. The summed E-state index contributed by atoms with van der Waals surface area (Å²) in [4.78, 5) is 14.3. The third kappa shape index (κ3) is 2.98. The van der Waals surface area contributed by atoms with Crippen molar-refractivity contribution in [2.75, 3.05) is 0 Å². The zero-order chi connectivity index (χ0) is 22.6. The van der Waals surface area contributed by atoms with Gasteiger partial charge < -0.3 is 0 Å². The first-order chi connectivity index (χ1) is 16.8. The van der Waals surface area contributed by atoms with E-state index in [2.05, 4.69) is 71.6 Å². The number of aromatic amines is 1. The van der Waals surface area contributed by atoms with Crippen LogP contribution in [0.15, 0.2) is 79.1 Å². The van der Waals surface area contributed by atoms with Crippen molar-refractivity contribution >= 4 is 54.0 Å². The lowest BCUT2D eigenvalue weighted by Gasteiger charge is -2.14. The van der Waals surface area contributed by atoms with E-state index in [1.165, 1.54) is 0 Å². The van der Waals surface area contributed by atoms with Crippen molar-refractivity contribution in [2.45, 2.75) is 6.92 Å². The fourth-order valence-corrected chi connectivity index (χ4v) is 6.42. The molecule has 5 nitrogen and oxygen atoms in total. The lowest BCUT2D eigenvalue weighted by Crippen LogP contribution is -1.93. The van der Waals surface area contributed by atoms with E-state index in [1.54, 1.807) is 22.7 Å². The zero-order valence-electron chi connectivity index (χ0n) is 18.1. The van der Waals surface area contributed by atoms with E-state index in [4.69, 9.17) is 15.1 Å². The first kappa shape index (κ1) is 19.5. The summed E-state index contributed by atoms with van der Waals surface area (Å²) >= 11 is 3.41. The zero-order valence-corrected chi connectivity index (χ0v) is 19.7. The van der Waals surface area contributed by atoms with Crippen LogP contribution in [-0.4, -0.2) is 25.1 Å². The van der Waals surface area contributed by atoms with Gasteiger partial charge in [0.15, 0.2) is 0 Å². The van der Waals surface area contributed by atoms with Gasteiger partial charge in [-0.25, -0.2) is 9.97 Å². The fraction of sp³-hybridized carbons (Fsp3) is 0.0370. The maximum Gasteiger partial charge on any atom is 0.127 e. The Balaban J connectivity index is 1.68. The van der Waals surface area contributed by atoms with Gasteiger partial charge in [-0.1, -0.05) is 30.3 Å². The summed E-state index contributed by atoms with van der Waals surface area (Å²) in [6.45, 7) is 2.06. The summed E-state index contributed by atoms with van der Waals surface area (Å²) in [5.41, 5.74) is 8.15. The van der Waals surface area contributed by atoms with Crippen molar-refractivity contribution in [1.82, 2.24) is 25.1 Å². The minimum atomic E-state index is 0.907. The van der Waals surface area contributed by atoms with Crippen LogP contribution in [0.1, 0.15) is 5.01 Å². The number of thiazole rings is 2. The van der Waals surface area contributed by atoms with Crippen molar-refractivity contribution in [3.05, 3.63) is 84.1 Å². The molecule has 0 fully saturated rings. The highest BCUT2D eigenvalue weighted by atomic mass is 32.1. The van der Waals surface area contributed by atoms with Crippen molar-refractivity contribution in [2.24, 2.45) is 0 Å². The van der Waals surface area contributed by atoms with Gasteiger partial charge in [-0.15, -0.1) is 22.7 Å². The number of H-pyrrole nitrogens is 1. The molecule has 7 rings (SSSR count). The molecule has 0 aliphatic heterocycles. The largest absolute Gasteiger partial charge is 0.277 e. The highest BCUT2D eigenvalue weighted by Crippen LogP contribution is 2.48. The summed E-state index contributed by atoms with van der Waals surface area (Å²) in [7, 11) is 0. The molecule has 0 saturated heterocycles. The first-order valence-electron chi connectivity index (χ1n) is 10.9. The summed E-state index contributed by atoms with van der Waals surface area (Å²) in [6.07, 6.45) is 3.67. The fourth-order valence-electron chi connectivity index (χ4n) is 4.52. The Morgan fingerprint density at radius 2 is 1.62 bits per heavy atom. The minimum absolute atomic E-state index is 0.907. The number of para-hydroxylation sites is 2. The number of nitrogens with one attached hydrogen (secondary N) is 1. The highest BCUT2D eigenvalue weighted by Gasteiger charge is 2.25. The molecule has 0 spiro atoms. The molecule has 34 heavy (non-hydrogen) atoms. The van der Waals surface area contributed by atoms with E-state index < -0.39 is 0 Å². The van der Waals surface area contributed by atoms with Crippen molar-refractivity contribution in [3.8, 4) is 33.0 Å². The number of fused-ring (bicyclic) bond motifs is 3. The van der Waals surface area contributed by atoms with E-state index in [-0.39, 0.29) is 0 Å². The Bertz CT molecular complexity index is 1800. The second-order valence-electron chi connectivity index (χ2n) is 8.09. The van der Waals surface area contributed by atoms with Gasteiger partial charge in [0.2, 0.25) is 0 Å². The summed E-state index contributed by atoms with van der Waals surface area (Å²) in [5.74, 6) is 0. The van der Waals surface area contributed by atoms with Gasteiger partial charge in [-0.05, 0) is 54.4 Å². The molecule has 0 radical (unpaired) electrons. The second-order valence-corrected chi connectivity index (χ2v) is 10.4. The minimum Gasteiger partial charge on any atom is -0.277 e. The van der Waals surface area contributed by atoms with Crippen LogP contribution in [0.3, 0.4) is 0 Å². The summed E-state index contributed by atoms with van der Waals surface area (Å²) in [5, 5.41) is 11.1. The van der Waals surface area contributed by atoms with Crippen molar-refractivity contribution in [3.63, 3.8) is 0 Å². The summed E-state index contributed by atoms with van der Waals surface area (Å²) in [6, 6.07) is 22.9. The molecule has 4 aromatic heterocycles. The average molecular weight is 476 g/mol. The van der Waals surface area contributed by atoms with Crippen LogP contribution < -0.4 is 0 Å². The van der Waals surface area contributed by atoms with Gasteiger partial charge >= 0.3 is 0 Å². The average Bonchev–Trinajstić information content (AvgIpc) is 3.58. The number of pyridine rings is 1. The molecule has 7 heteroatoms. The van der Waals surface area contributed by atoms with Gasteiger partial charge in [-0.2, -0.15) is 5.10 Å². The van der Waals surface area contributed by atoms with Crippen LogP contribution in [0.25, 0.3) is 64.3 Å². The third-order valence-corrected chi connectivity index (χ3v) is 7.97. The predicted octanol–water partition coefficient (Wildman–Crippen LogP) is 7.49. The second kappa shape index (κ2) is 7.55. The Hall–Kier alpha value is -3.94. The maximum absolute atomic E-state index is 5.06. The third-order valence-electron chi connectivity index (χ3n) is 6.00. The molecular weight excluding hydrogens is 458 g/mol. The molecule has 0 aliphatic rings. The van der Waals surface area contributed by atoms with Crippen LogP contribution in [0.5, 0.6) is 0 Å². The van der Waals surface area contributed by atoms with Crippen LogP contribution >= 0.6 is 22.7 Å². The molecule has 0 saturated carbocycles. The molecule has 0 atom stereocenters. The highest BCUT2D eigenvalue weighted by molar-refractivity contribution is 7.22. The Labute approximate surface area is 202 Å². The Morgan fingerprint density at radius 3 is 2.50 bits per heavy atom. The molecule has 4 heterocycles. The molecule has 162 valence electrons. The normalized spacial score (nSPS) is 11.7. The van der Waals surface area contributed by atoms with Gasteiger partial charge in [-0.3, -0.25) is 10.1 Å². The number of rotatable bonds is 3. The van der Waals surface area contributed by atoms with Gasteiger partial charge in [0.1, 0.15) is 10.7 Å². The van der Waals surface area contributed by atoms with Crippen LogP contribution in [0.2, 0.25) is 0 Å². The molecule has 7 aromatic rings. The van der Waals surface area contributed by atoms with Crippen molar-refractivity contribution < 1.29 is 0 Å². The number of nitrogens with zero attached hydrogens (tertiary/aromatic N) is 4. The van der Waals surface area contributed by atoms with E-state index in [0.717, 1.165) is 69.3 Å². The lowest BCUT2D eigenvalue weighted by molar-refractivity contribution is 1.12. The van der Waals surface area contributed by atoms with E-state index >= 15 is 0 Å². The molecular formula is C27H17N5S2. The smallest absolute Gasteiger partial charge is 0.127 e. The monoisotopic (exact) mass is 475 g/mol.